The molecule has 0 aliphatic heterocycles. The molecule has 6 heteroatoms. The Kier molecular flexibility index (Phi) is 4.15. The summed E-state index contributed by atoms with van der Waals surface area (Å²) in [7, 11) is 0. The fourth-order valence-corrected chi connectivity index (χ4v) is 2.62. The van der Waals surface area contributed by atoms with E-state index in [9.17, 15) is 13.6 Å². The summed E-state index contributed by atoms with van der Waals surface area (Å²) in [5.74, 6) is -1.98. The van der Waals surface area contributed by atoms with Crippen LogP contribution in [0.1, 0.15) is 50.1 Å². The van der Waals surface area contributed by atoms with Gasteiger partial charge in [0.2, 0.25) is 0 Å². The first-order chi connectivity index (χ1) is 11.3. The zero-order valence-corrected chi connectivity index (χ0v) is 13.8. The van der Waals surface area contributed by atoms with Gasteiger partial charge in [-0.3, -0.25) is 4.79 Å². The normalized spacial score (nSPS) is 20.0. The molecule has 0 unspecified atom stereocenters. The standard InChI is InChI=1S/C18H19F2NO3/c1-18(2,3)15-7-10(21-24-15)9-23-17(22)12-8-11(12)16-13(19)5-4-6-14(16)20/h4-7,11-12H,8-9H2,1-3H3/t11-,12-/m0/s1. The Balaban J connectivity index is 1.59. The monoisotopic (exact) mass is 335 g/mol. The molecule has 128 valence electrons. The first kappa shape index (κ1) is 16.6. The molecule has 0 amide bonds. The molecular formula is C18H19F2NO3. The number of rotatable bonds is 4. The van der Waals surface area contributed by atoms with Crippen molar-refractivity contribution >= 4 is 5.97 Å². The summed E-state index contributed by atoms with van der Waals surface area (Å²) in [6, 6.07) is 5.44. The molecule has 0 saturated heterocycles. The molecule has 1 aromatic heterocycles. The van der Waals surface area contributed by atoms with Crippen molar-refractivity contribution in [3.8, 4) is 0 Å². The summed E-state index contributed by atoms with van der Waals surface area (Å²) in [6.07, 6.45) is 0.392. The second-order valence-corrected chi connectivity index (χ2v) is 7.12. The van der Waals surface area contributed by atoms with Crippen molar-refractivity contribution in [3.63, 3.8) is 0 Å². The predicted octanol–water partition coefficient (Wildman–Crippen LogP) is 4.10. The minimum Gasteiger partial charge on any atom is -0.459 e. The third-order valence-corrected chi connectivity index (χ3v) is 4.12. The van der Waals surface area contributed by atoms with Crippen LogP contribution in [0, 0.1) is 17.6 Å². The van der Waals surface area contributed by atoms with Crippen LogP contribution in [0.5, 0.6) is 0 Å². The number of ether oxygens (including phenoxy) is 1. The van der Waals surface area contributed by atoms with Crippen LogP contribution in [0.25, 0.3) is 0 Å². The van der Waals surface area contributed by atoms with Crippen LogP contribution in [-0.4, -0.2) is 11.1 Å². The van der Waals surface area contributed by atoms with Crippen LogP contribution in [-0.2, 0) is 21.6 Å². The molecule has 0 radical (unpaired) electrons. The largest absolute Gasteiger partial charge is 0.459 e. The molecule has 1 saturated carbocycles. The number of hydrogen-bond donors (Lipinski definition) is 0. The molecule has 24 heavy (non-hydrogen) atoms. The fraction of sp³-hybridized carbons (Fsp3) is 0.444. The lowest BCUT2D eigenvalue weighted by Crippen LogP contribution is -2.10. The maximum atomic E-state index is 13.7. The highest BCUT2D eigenvalue weighted by atomic mass is 19.1. The van der Waals surface area contributed by atoms with Crippen molar-refractivity contribution in [2.75, 3.05) is 0 Å². The van der Waals surface area contributed by atoms with E-state index < -0.39 is 29.4 Å². The van der Waals surface area contributed by atoms with Gasteiger partial charge >= 0.3 is 5.97 Å². The van der Waals surface area contributed by atoms with Gasteiger partial charge in [-0.15, -0.1) is 0 Å². The van der Waals surface area contributed by atoms with Crippen LogP contribution in [0.15, 0.2) is 28.8 Å². The van der Waals surface area contributed by atoms with Crippen molar-refractivity contribution in [2.45, 2.75) is 45.1 Å². The second kappa shape index (κ2) is 6.00. The number of hydrogen-bond acceptors (Lipinski definition) is 4. The van der Waals surface area contributed by atoms with Gasteiger partial charge in [0, 0.05) is 23.0 Å². The van der Waals surface area contributed by atoms with Gasteiger partial charge in [-0.1, -0.05) is 32.0 Å². The van der Waals surface area contributed by atoms with Gasteiger partial charge in [0.25, 0.3) is 0 Å². The predicted molar refractivity (Wildman–Crippen MR) is 82.2 cm³/mol. The van der Waals surface area contributed by atoms with Crippen molar-refractivity contribution < 1.29 is 22.8 Å². The van der Waals surface area contributed by atoms with Crippen LogP contribution in [0.3, 0.4) is 0 Å². The molecule has 1 aromatic carbocycles. The quantitative estimate of drug-likeness (QED) is 0.790. The summed E-state index contributed by atoms with van der Waals surface area (Å²) >= 11 is 0. The summed E-state index contributed by atoms with van der Waals surface area (Å²) in [4.78, 5) is 12.1. The van der Waals surface area contributed by atoms with Crippen molar-refractivity contribution in [1.82, 2.24) is 5.16 Å². The van der Waals surface area contributed by atoms with E-state index in [4.69, 9.17) is 9.26 Å². The molecule has 3 rings (SSSR count). The van der Waals surface area contributed by atoms with Crippen LogP contribution < -0.4 is 0 Å². The number of benzene rings is 1. The van der Waals surface area contributed by atoms with Crippen LogP contribution in [0.2, 0.25) is 0 Å². The number of esters is 1. The third-order valence-electron chi connectivity index (χ3n) is 4.12. The third kappa shape index (κ3) is 3.32. The van der Waals surface area contributed by atoms with Crippen LogP contribution >= 0.6 is 0 Å². The summed E-state index contributed by atoms with van der Waals surface area (Å²) in [6.45, 7) is 5.95. The smallest absolute Gasteiger partial charge is 0.309 e. The molecule has 2 atom stereocenters. The molecule has 0 N–H and O–H groups in total. The number of nitrogens with zero attached hydrogens (tertiary/aromatic N) is 1. The average Bonchev–Trinajstić information content (AvgIpc) is 3.11. The Morgan fingerprint density at radius 2 is 2.00 bits per heavy atom. The Morgan fingerprint density at radius 1 is 1.33 bits per heavy atom. The first-order valence-electron chi connectivity index (χ1n) is 7.84. The minimum absolute atomic E-state index is 0.0125. The zero-order chi connectivity index (χ0) is 17.5. The lowest BCUT2D eigenvalue weighted by molar-refractivity contribution is -0.146. The van der Waals surface area contributed by atoms with E-state index in [0.29, 0.717) is 17.9 Å². The Hall–Kier alpha value is -2.24. The molecule has 1 fully saturated rings. The van der Waals surface area contributed by atoms with Crippen molar-refractivity contribution in [1.29, 1.82) is 0 Å². The van der Waals surface area contributed by atoms with Crippen LogP contribution in [0.4, 0.5) is 8.78 Å². The van der Waals surface area contributed by atoms with E-state index in [1.54, 1.807) is 6.07 Å². The van der Waals surface area contributed by atoms with Gasteiger partial charge in [0.05, 0.1) is 5.92 Å². The maximum Gasteiger partial charge on any atom is 0.309 e. The number of halogens is 2. The molecule has 1 heterocycles. The van der Waals surface area contributed by atoms with Crippen molar-refractivity contribution in [2.24, 2.45) is 5.92 Å². The summed E-state index contributed by atoms with van der Waals surface area (Å²) in [5.41, 5.74) is 0.303. The van der Waals surface area contributed by atoms with E-state index in [-0.39, 0.29) is 17.6 Å². The number of aromatic nitrogens is 1. The van der Waals surface area contributed by atoms with E-state index in [0.717, 1.165) is 0 Å². The maximum absolute atomic E-state index is 13.7. The molecular weight excluding hydrogens is 316 g/mol. The lowest BCUT2D eigenvalue weighted by atomic mass is 9.93. The average molecular weight is 335 g/mol. The van der Waals surface area contributed by atoms with E-state index in [1.165, 1.54) is 18.2 Å². The zero-order valence-electron chi connectivity index (χ0n) is 13.8. The highest BCUT2D eigenvalue weighted by Crippen LogP contribution is 2.49. The number of carbonyl (C=O) groups is 1. The van der Waals surface area contributed by atoms with Gasteiger partial charge in [-0.25, -0.2) is 8.78 Å². The van der Waals surface area contributed by atoms with E-state index >= 15 is 0 Å². The summed E-state index contributed by atoms with van der Waals surface area (Å²) in [5, 5.41) is 3.87. The number of carbonyl (C=O) groups excluding carboxylic acids is 1. The first-order valence-corrected chi connectivity index (χ1v) is 7.84. The Morgan fingerprint density at radius 3 is 2.58 bits per heavy atom. The van der Waals surface area contributed by atoms with E-state index in [2.05, 4.69) is 5.16 Å². The molecule has 1 aliphatic carbocycles. The topological polar surface area (TPSA) is 52.3 Å². The minimum atomic E-state index is -0.623. The van der Waals surface area contributed by atoms with E-state index in [1.807, 2.05) is 20.8 Å². The Labute approximate surface area is 138 Å². The highest BCUT2D eigenvalue weighted by molar-refractivity contribution is 5.77. The molecule has 4 nitrogen and oxygen atoms in total. The van der Waals surface area contributed by atoms with Gasteiger partial charge in [-0.05, 0) is 18.6 Å². The second-order valence-electron chi connectivity index (χ2n) is 7.12. The lowest BCUT2D eigenvalue weighted by Gasteiger charge is -2.12. The molecule has 0 bridgehead atoms. The molecule has 1 aliphatic rings. The SMILES string of the molecule is CC(C)(C)c1cc(COC(=O)[C@H]2C[C@@H]2c2c(F)cccc2F)no1. The Bertz CT molecular complexity index is 744. The van der Waals surface area contributed by atoms with Gasteiger partial charge in [-0.2, -0.15) is 0 Å². The molecule has 0 spiro atoms. The fourth-order valence-electron chi connectivity index (χ4n) is 2.62. The van der Waals surface area contributed by atoms with Gasteiger partial charge < -0.3 is 9.26 Å². The molecule has 2 aromatic rings. The van der Waals surface area contributed by atoms with Crippen molar-refractivity contribution in [3.05, 3.63) is 52.9 Å². The summed E-state index contributed by atoms with van der Waals surface area (Å²) < 4.78 is 37.9. The van der Waals surface area contributed by atoms with Gasteiger partial charge in [0.1, 0.15) is 29.7 Å². The van der Waals surface area contributed by atoms with Gasteiger partial charge in [0.15, 0.2) is 0 Å². The highest BCUT2D eigenvalue weighted by Gasteiger charge is 2.47.